The van der Waals surface area contributed by atoms with Crippen LogP contribution in [0.2, 0.25) is 5.02 Å². The quantitative estimate of drug-likeness (QED) is 0.331. The number of rotatable bonds is 10. The van der Waals surface area contributed by atoms with Crippen molar-refractivity contribution in [3.8, 4) is 5.75 Å². The van der Waals surface area contributed by atoms with Crippen LogP contribution in [0, 0.1) is 5.82 Å². The number of halogens is 3. The fourth-order valence-electron chi connectivity index (χ4n) is 4.56. The van der Waals surface area contributed by atoms with Gasteiger partial charge >= 0.3 is 0 Å². The van der Waals surface area contributed by atoms with Gasteiger partial charge in [0.05, 0.1) is 11.2 Å². The van der Waals surface area contributed by atoms with Crippen LogP contribution in [-0.4, -0.2) is 53.2 Å². The average molecular weight is 548 g/mol. The number of likely N-dealkylation sites (tertiary alicyclic amines) is 1. The van der Waals surface area contributed by atoms with Crippen LogP contribution in [0.5, 0.6) is 5.75 Å². The molecule has 1 fully saturated rings. The number of hydrogen-bond donors (Lipinski definition) is 2. The van der Waals surface area contributed by atoms with Crippen molar-refractivity contribution in [3.05, 3.63) is 100 Å². The largest absolute Gasteiger partial charge is 0.490 e. The van der Waals surface area contributed by atoms with Crippen LogP contribution in [0.25, 0.3) is 0 Å². The van der Waals surface area contributed by atoms with Gasteiger partial charge in [0, 0.05) is 31.1 Å². The number of aryl methyl sites for hydroxylation is 1. The van der Waals surface area contributed by atoms with Crippen LogP contribution in [0.4, 0.5) is 4.39 Å². The van der Waals surface area contributed by atoms with Crippen molar-refractivity contribution in [1.82, 2.24) is 4.90 Å². The van der Waals surface area contributed by atoms with E-state index in [0.717, 1.165) is 11.1 Å². The number of aliphatic hydroxyl groups is 2. The summed E-state index contributed by atoms with van der Waals surface area (Å²) in [7, 11) is 0. The number of aliphatic hydroxyl groups excluding tert-OH is 1. The lowest BCUT2D eigenvalue weighted by Crippen LogP contribution is -2.46. The standard InChI is InChI=1S/C29H31ClFNO4.ClH/c30-23-10-8-22(9-11-23)29(35)15-17-32(18-16-29)19-25(33)20-36-28-4-2-1-3-26(28)27(34)14-7-21-5-12-24(31)13-6-21;/h1-6,8-13,25,33,35H,7,14-20H2;1H. The predicted octanol–water partition coefficient (Wildman–Crippen LogP) is 5.44. The van der Waals surface area contributed by atoms with E-state index in [2.05, 4.69) is 4.90 Å². The molecule has 1 aliphatic rings. The third kappa shape index (κ3) is 8.00. The summed E-state index contributed by atoms with van der Waals surface area (Å²) in [5.74, 6) is 0.0718. The monoisotopic (exact) mass is 547 g/mol. The number of carbonyl (C=O) groups excluding carboxylic acids is 1. The highest BCUT2D eigenvalue weighted by Crippen LogP contribution is 2.33. The van der Waals surface area contributed by atoms with E-state index in [9.17, 15) is 19.4 Å². The predicted molar refractivity (Wildman–Crippen MR) is 145 cm³/mol. The van der Waals surface area contributed by atoms with Gasteiger partial charge < -0.3 is 19.8 Å². The molecule has 2 N–H and O–H groups in total. The van der Waals surface area contributed by atoms with Crippen molar-refractivity contribution in [2.24, 2.45) is 0 Å². The minimum Gasteiger partial charge on any atom is -0.490 e. The maximum atomic E-state index is 13.1. The summed E-state index contributed by atoms with van der Waals surface area (Å²) in [6.45, 7) is 1.76. The minimum atomic E-state index is -0.893. The highest BCUT2D eigenvalue weighted by Gasteiger charge is 2.34. The van der Waals surface area contributed by atoms with Gasteiger partial charge in [-0.3, -0.25) is 4.79 Å². The first-order chi connectivity index (χ1) is 17.3. The molecule has 1 saturated heterocycles. The smallest absolute Gasteiger partial charge is 0.166 e. The molecule has 0 aromatic heterocycles. The number of hydrogen-bond acceptors (Lipinski definition) is 5. The van der Waals surface area contributed by atoms with Crippen molar-refractivity contribution < 1.29 is 24.1 Å². The minimum absolute atomic E-state index is 0. The molecule has 0 amide bonds. The Bertz CT molecular complexity index is 1150. The van der Waals surface area contributed by atoms with Crippen LogP contribution >= 0.6 is 24.0 Å². The molecule has 8 heteroatoms. The molecule has 1 heterocycles. The van der Waals surface area contributed by atoms with Crippen molar-refractivity contribution >= 4 is 29.8 Å². The van der Waals surface area contributed by atoms with E-state index in [-0.39, 0.29) is 37.0 Å². The molecular weight excluding hydrogens is 516 g/mol. The van der Waals surface area contributed by atoms with E-state index in [4.69, 9.17) is 16.3 Å². The SMILES string of the molecule is Cl.O=C(CCc1ccc(F)cc1)c1ccccc1OCC(O)CN1CCC(O)(c2ccc(Cl)cc2)CC1. The first kappa shape index (κ1) is 29.1. The summed E-state index contributed by atoms with van der Waals surface area (Å²) >= 11 is 5.96. The van der Waals surface area contributed by atoms with Gasteiger partial charge in [-0.25, -0.2) is 4.39 Å². The van der Waals surface area contributed by atoms with Gasteiger partial charge in [-0.1, -0.05) is 48.0 Å². The summed E-state index contributed by atoms with van der Waals surface area (Å²) in [5, 5.41) is 22.3. The van der Waals surface area contributed by atoms with Crippen molar-refractivity contribution in [1.29, 1.82) is 0 Å². The summed E-state index contributed by atoms with van der Waals surface area (Å²) in [5.41, 5.74) is 1.33. The van der Waals surface area contributed by atoms with E-state index in [0.29, 0.717) is 55.2 Å². The zero-order valence-electron chi connectivity index (χ0n) is 20.5. The van der Waals surface area contributed by atoms with Crippen LogP contribution in [0.1, 0.15) is 40.7 Å². The fourth-order valence-corrected chi connectivity index (χ4v) is 4.68. The van der Waals surface area contributed by atoms with Crippen molar-refractivity contribution in [2.75, 3.05) is 26.2 Å². The summed E-state index contributed by atoms with van der Waals surface area (Å²) in [6, 6.07) is 20.4. The first-order valence-corrected chi connectivity index (χ1v) is 12.6. The second-order valence-electron chi connectivity index (χ2n) is 9.35. The number of β-amino-alcohol motifs (C(OH)–C–C–N with tert-alkyl or cyclic N) is 1. The molecule has 0 radical (unpaired) electrons. The third-order valence-corrected chi connectivity index (χ3v) is 6.96. The van der Waals surface area contributed by atoms with Gasteiger partial charge in [-0.05, 0) is 66.8 Å². The molecule has 0 saturated carbocycles. The van der Waals surface area contributed by atoms with Crippen molar-refractivity contribution in [2.45, 2.75) is 37.4 Å². The molecule has 37 heavy (non-hydrogen) atoms. The third-order valence-electron chi connectivity index (χ3n) is 6.71. The first-order valence-electron chi connectivity index (χ1n) is 12.2. The maximum Gasteiger partial charge on any atom is 0.166 e. The van der Waals surface area contributed by atoms with Gasteiger partial charge in [0.1, 0.15) is 24.3 Å². The molecule has 3 aromatic rings. The number of Topliss-reactive ketones (excluding diaryl/α,β-unsaturated/α-hetero) is 1. The Morgan fingerprint density at radius 2 is 1.68 bits per heavy atom. The number of ketones is 1. The Hall–Kier alpha value is -2.48. The van der Waals surface area contributed by atoms with Crippen LogP contribution in [-0.2, 0) is 12.0 Å². The average Bonchev–Trinajstić information content (AvgIpc) is 2.89. The second kappa shape index (κ2) is 13.4. The van der Waals surface area contributed by atoms with E-state index >= 15 is 0 Å². The topological polar surface area (TPSA) is 70.0 Å². The number of nitrogens with zero attached hydrogens (tertiary/aromatic N) is 1. The lowest BCUT2D eigenvalue weighted by molar-refractivity contribution is -0.0372. The molecule has 3 aromatic carbocycles. The second-order valence-corrected chi connectivity index (χ2v) is 9.79. The zero-order chi connectivity index (χ0) is 25.5. The van der Waals surface area contributed by atoms with Crippen LogP contribution in [0.3, 0.4) is 0 Å². The lowest BCUT2D eigenvalue weighted by atomic mass is 9.84. The molecule has 1 aliphatic heterocycles. The van der Waals surface area contributed by atoms with E-state index in [1.165, 1.54) is 12.1 Å². The molecule has 198 valence electrons. The molecule has 0 aliphatic carbocycles. The Labute approximate surface area is 228 Å². The van der Waals surface area contributed by atoms with E-state index in [1.54, 1.807) is 48.5 Å². The highest BCUT2D eigenvalue weighted by molar-refractivity contribution is 6.30. The maximum absolute atomic E-state index is 13.1. The van der Waals surface area contributed by atoms with E-state index in [1.807, 2.05) is 12.1 Å². The Kier molecular flexibility index (Phi) is 10.5. The lowest BCUT2D eigenvalue weighted by Gasteiger charge is -2.39. The molecule has 1 atom stereocenters. The molecule has 0 spiro atoms. The van der Waals surface area contributed by atoms with Crippen LogP contribution < -0.4 is 4.74 Å². The number of para-hydroxylation sites is 1. The molecule has 1 unspecified atom stereocenters. The summed E-state index contributed by atoms with van der Waals surface area (Å²) < 4.78 is 18.9. The normalized spacial score (nSPS) is 16.0. The summed E-state index contributed by atoms with van der Waals surface area (Å²) in [6.07, 6.45) is 1.17. The molecular formula is C29H32Cl2FNO4. The summed E-state index contributed by atoms with van der Waals surface area (Å²) in [4.78, 5) is 14.9. The Morgan fingerprint density at radius 1 is 1.03 bits per heavy atom. The van der Waals surface area contributed by atoms with Gasteiger partial charge in [0.25, 0.3) is 0 Å². The Balaban J connectivity index is 0.00000380. The number of benzene rings is 3. The zero-order valence-corrected chi connectivity index (χ0v) is 22.1. The molecule has 0 bridgehead atoms. The van der Waals surface area contributed by atoms with E-state index < -0.39 is 11.7 Å². The van der Waals surface area contributed by atoms with Crippen molar-refractivity contribution in [3.63, 3.8) is 0 Å². The number of piperidine rings is 1. The van der Waals surface area contributed by atoms with Gasteiger partial charge in [-0.2, -0.15) is 0 Å². The van der Waals surface area contributed by atoms with Gasteiger partial charge in [-0.15, -0.1) is 12.4 Å². The number of carbonyl (C=O) groups is 1. The van der Waals surface area contributed by atoms with Gasteiger partial charge in [0.15, 0.2) is 5.78 Å². The molecule has 4 rings (SSSR count). The Morgan fingerprint density at radius 3 is 2.35 bits per heavy atom. The number of ether oxygens (including phenoxy) is 1. The highest BCUT2D eigenvalue weighted by atomic mass is 35.5. The van der Waals surface area contributed by atoms with Gasteiger partial charge in [0.2, 0.25) is 0 Å². The molecule has 5 nitrogen and oxygen atoms in total. The van der Waals surface area contributed by atoms with Crippen LogP contribution in [0.15, 0.2) is 72.8 Å². The fraction of sp³-hybridized carbons (Fsp3) is 0.345.